The van der Waals surface area contributed by atoms with Crippen LogP contribution in [0.2, 0.25) is 0 Å². The number of hydrogen-bond acceptors (Lipinski definition) is 5. The molecule has 0 bridgehead atoms. The van der Waals surface area contributed by atoms with Crippen LogP contribution in [0.4, 0.5) is 5.69 Å². The first kappa shape index (κ1) is 22.0. The highest BCUT2D eigenvalue weighted by Crippen LogP contribution is 2.24. The molecule has 0 amide bonds. The zero-order chi connectivity index (χ0) is 22.0. The number of anilines is 1. The van der Waals surface area contributed by atoms with Crippen LogP contribution in [-0.4, -0.2) is 26.1 Å². The monoisotopic (exact) mass is 459 g/mol. The van der Waals surface area contributed by atoms with Gasteiger partial charge in [-0.3, -0.25) is 9.36 Å². The molecule has 4 rings (SSSR count). The van der Waals surface area contributed by atoms with Gasteiger partial charge in [0.1, 0.15) is 0 Å². The number of sulfonamides is 1. The third-order valence-corrected chi connectivity index (χ3v) is 8.16. The molecule has 3 aromatic rings. The van der Waals surface area contributed by atoms with E-state index in [0.717, 1.165) is 41.9 Å². The van der Waals surface area contributed by atoms with E-state index < -0.39 is 10.0 Å². The van der Waals surface area contributed by atoms with Crippen molar-refractivity contribution in [1.29, 1.82) is 0 Å². The van der Waals surface area contributed by atoms with Crippen molar-refractivity contribution in [2.24, 2.45) is 5.92 Å². The Morgan fingerprint density at radius 2 is 1.94 bits per heavy atom. The molecular weight excluding hydrogens is 430 g/mol. The van der Waals surface area contributed by atoms with Crippen LogP contribution in [0.3, 0.4) is 0 Å². The van der Waals surface area contributed by atoms with Gasteiger partial charge in [-0.25, -0.2) is 13.1 Å². The van der Waals surface area contributed by atoms with Crippen molar-refractivity contribution in [3.63, 3.8) is 0 Å². The van der Waals surface area contributed by atoms with E-state index in [2.05, 4.69) is 28.7 Å². The van der Waals surface area contributed by atoms with Crippen molar-refractivity contribution in [3.8, 4) is 0 Å². The molecule has 0 saturated carbocycles. The summed E-state index contributed by atoms with van der Waals surface area (Å²) in [5.74, 6) is 0.704. The SMILES string of the molecule is CCCn1c(=O)sc2cc(S(=O)(=O)NCc3ccc(N4CCCC(C)C4)cc3)ccc21. The number of nitrogens with zero attached hydrogens (tertiary/aromatic N) is 2. The largest absolute Gasteiger partial charge is 0.371 e. The average Bonchev–Trinajstić information content (AvgIpc) is 3.07. The van der Waals surface area contributed by atoms with Gasteiger partial charge < -0.3 is 4.90 Å². The van der Waals surface area contributed by atoms with Crippen molar-refractivity contribution < 1.29 is 8.42 Å². The zero-order valence-electron chi connectivity index (χ0n) is 18.0. The molecule has 6 nitrogen and oxygen atoms in total. The maximum absolute atomic E-state index is 12.8. The third kappa shape index (κ3) is 4.86. The summed E-state index contributed by atoms with van der Waals surface area (Å²) < 4.78 is 30.7. The number of piperidine rings is 1. The molecule has 1 atom stereocenters. The summed E-state index contributed by atoms with van der Waals surface area (Å²) in [7, 11) is -3.67. The molecule has 2 heterocycles. The smallest absolute Gasteiger partial charge is 0.308 e. The predicted octanol–water partition coefficient (Wildman–Crippen LogP) is 4.19. The lowest BCUT2D eigenvalue weighted by molar-refractivity contribution is 0.447. The summed E-state index contributed by atoms with van der Waals surface area (Å²) in [5, 5.41) is 0. The van der Waals surface area contributed by atoms with Gasteiger partial charge in [-0.15, -0.1) is 0 Å². The Bertz CT molecular complexity index is 1210. The van der Waals surface area contributed by atoms with E-state index in [1.807, 2.05) is 19.1 Å². The maximum atomic E-state index is 12.8. The predicted molar refractivity (Wildman–Crippen MR) is 127 cm³/mol. The Labute approximate surface area is 187 Å². The second-order valence-electron chi connectivity index (χ2n) is 8.33. The molecule has 0 spiro atoms. The molecule has 1 aliphatic heterocycles. The summed E-state index contributed by atoms with van der Waals surface area (Å²) in [6.45, 7) is 7.30. The first-order chi connectivity index (χ1) is 14.9. The quantitative estimate of drug-likeness (QED) is 0.575. The van der Waals surface area contributed by atoms with Crippen LogP contribution in [0, 0.1) is 5.92 Å². The summed E-state index contributed by atoms with van der Waals surface area (Å²) in [5.41, 5.74) is 2.89. The Balaban J connectivity index is 1.46. The number of benzene rings is 2. The van der Waals surface area contributed by atoms with E-state index in [-0.39, 0.29) is 16.3 Å². The lowest BCUT2D eigenvalue weighted by atomic mass is 9.99. The van der Waals surface area contributed by atoms with E-state index in [9.17, 15) is 13.2 Å². The maximum Gasteiger partial charge on any atom is 0.308 e. The fourth-order valence-electron chi connectivity index (χ4n) is 4.16. The van der Waals surface area contributed by atoms with Gasteiger partial charge >= 0.3 is 4.87 Å². The average molecular weight is 460 g/mol. The second-order valence-corrected chi connectivity index (χ2v) is 11.1. The molecule has 1 fully saturated rings. The van der Waals surface area contributed by atoms with Gasteiger partial charge in [0.05, 0.1) is 15.1 Å². The standard InChI is InChI=1S/C23H29N3O3S2/c1-3-12-26-21-11-10-20(14-22(21)30-23(26)27)31(28,29)24-15-18-6-8-19(9-7-18)25-13-4-5-17(2)16-25/h6-11,14,17,24H,3-5,12-13,15-16H2,1-2H3. The van der Waals surface area contributed by atoms with Crippen LogP contribution in [0.5, 0.6) is 0 Å². The van der Waals surface area contributed by atoms with Crippen LogP contribution >= 0.6 is 11.3 Å². The lowest BCUT2D eigenvalue weighted by Crippen LogP contribution is -2.34. The molecule has 1 aliphatic rings. The molecule has 0 aliphatic carbocycles. The van der Waals surface area contributed by atoms with Gasteiger partial charge in [0.25, 0.3) is 0 Å². The molecule has 166 valence electrons. The summed E-state index contributed by atoms with van der Waals surface area (Å²) in [4.78, 5) is 14.7. The Morgan fingerprint density at radius 3 is 2.65 bits per heavy atom. The number of thiazole rings is 1. The fraction of sp³-hybridized carbons (Fsp3) is 0.435. The van der Waals surface area contributed by atoms with Crippen molar-refractivity contribution in [2.75, 3.05) is 18.0 Å². The number of hydrogen-bond donors (Lipinski definition) is 1. The van der Waals surface area contributed by atoms with Gasteiger partial charge in [-0.2, -0.15) is 0 Å². The number of rotatable bonds is 7. The summed E-state index contributed by atoms with van der Waals surface area (Å²) in [6, 6.07) is 13.0. The normalized spacial score (nSPS) is 17.4. The lowest BCUT2D eigenvalue weighted by Gasteiger charge is -2.32. The van der Waals surface area contributed by atoms with Gasteiger partial charge in [0.15, 0.2) is 0 Å². The molecular formula is C23H29N3O3S2. The van der Waals surface area contributed by atoms with Crippen LogP contribution < -0.4 is 14.5 Å². The van der Waals surface area contributed by atoms with E-state index in [1.54, 1.807) is 22.8 Å². The van der Waals surface area contributed by atoms with Crippen LogP contribution in [-0.2, 0) is 23.1 Å². The number of aryl methyl sites for hydroxylation is 1. The van der Waals surface area contributed by atoms with Gasteiger partial charge in [0.2, 0.25) is 10.0 Å². The highest BCUT2D eigenvalue weighted by atomic mass is 32.2. The zero-order valence-corrected chi connectivity index (χ0v) is 19.6. The van der Waals surface area contributed by atoms with Gasteiger partial charge in [0, 0.05) is 31.9 Å². The van der Waals surface area contributed by atoms with E-state index in [4.69, 9.17) is 0 Å². The van der Waals surface area contributed by atoms with Crippen molar-refractivity contribution >= 4 is 37.3 Å². The highest BCUT2D eigenvalue weighted by molar-refractivity contribution is 7.89. The number of aromatic nitrogens is 1. The second kappa shape index (κ2) is 9.14. The first-order valence-electron chi connectivity index (χ1n) is 10.8. The Kier molecular flexibility index (Phi) is 6.50. The molecule has 0 radical (unpaired) electrons. The van der Waals surface area contributed by atoms with Gasteiger partial charge in [-0.05, 0) is 61.1 Å². The molecule has 31 heavy (non-hydrogen) atoms. The minimum Gasteiger partial charge on any atom is -0.371 e. The Hall–Kier alpha value is -2.16. The van der Waals surface area contributed by atoms with E-state index in [0.29, 0.717) is 17.2 Å². The molecule has 1 N–H and O–H groups in total. The molecule has 8 heteroatoms. The minimum atomic E-state index is -3.67. The summed E-state index contributed by atoms with van der Waals surface area (Å²) in [6.07, 6.45) is 3.34. The number of nitrogens with one attached hydrogen (secondary N) is 1. The third-order valence-electron chi connectivity index (χ3n) is 5.82. The van der Waals surface area contributed by atoms with Crippen molar-refractivity contribution in [3.05, 3.63) is 57.7 Å². The van der Waals surface area contributed by atoms with Crippen molar-refractivity contribution in [2.45, 2.75) is 51.1 Å². The molecule has 2 aromatic carbocycles. The van der Waals surface area contributed by atoms with E-state index in [1.165, 1.54) is 18.5 Å². The fourth-order valence-corrected chi connectivity index (χ4v) is 6.23. The highest BCUT2D eigenvalue weighted by Gasteiger charge is 2.18. The molecule has 1 unspecified atom stereocenters. The van der Waals surface area contributed by atoms with Crippen LogP contribution in [0.15, 0.2) is 52.2 Å². The van der Waals surface area contributed by atoms with Crippen LogP contribution in [0.25, 0.3) is 10.2 Å². The van der Waals surface area contributed by atoms with Gasteiger partial charge in [-0.1, -0.05) is 37.3 Å². The van der Waals surface area contributed by atoms with Crippen LogP contribution in [0.1, 0.15) is 38.7 Å². The topological polar surface area (TPSA) is 71.4 Å². The number of fused-ring (bicyclic) bond motifs is 1. The molecule has 1 aromatic heterocycles. The van der Waals surface area contributed by atoms with Crippen molar-refractivity contribution in [1.82, 2.24) is 9.29 Å². The van der Waals surface area contributed by atoms with E-state index >= 15 is 0 Å². The molecule has 1 saturated heterocycles. The minimum absolute atomic E-state index is 0.0532. The first-order valence-corrected chi connectivity index (χ1v) is 13.1. The Morgan fingerprint density at radius 1 is 1.16 bits per heavy atom. The summed E-state index contributed by atoms with van der Waals surface area (Å²) >= 11 is 1.09.